The number of benzene rings is 1. The van der Waals surface area contributed by atoms with E-state index in [1.807, 2.05) is 36.8 Å². The van der Waals surface area contributed by atoms with E-state index < -0.39 is 18.2 Å². The van der Waals surface area contributed by atoms with Gasteiger partial charge in [0.15, 0.2) is 0 Å². The monoisotopic (exact) mass is 764 g/mol. The van der Waals surface area contributed by atoms with Crippen molar-refractivity contribution in [2.24, 2.45) is 16.3 Å². The van der Waals surface area contributed by atoms with Crippen LogP contribution < -0.4 is 16.0 Å². The first-order valence-electron chi connectivity index (χ1n) is 20.6. The van der Waals surface area contributed by atoms with Gasteiger partial charge in [-0.1, -0.05) is 38.1 Å². The Labute approximate surface area is 329 Å². The topological polar surface area (TPSA) is 170 Å². The summed E-state index contributed by atoms with van der Waals surface area (Å²) in [7, 11) is 1.31. The zero-order valence-electron chi connectivity index (χ0n) is 33.1. The number of aromatic amines is 1. The molecule has 2 aromatic heterocycles. The maximum Gasteiger partial charge on any atom is 0.407 e. The number of carbonyl (C=O) groups excluding carboxylic acids is 3. The number of imidazole rings is 1. The molecule has 1 aromatic carbocycles. The van der Waals surface area contributed by atoms with E-state index in [4.69, 9.17) is 14.7 Å². The average molecular weight is 765 g/mol. The van der Waals surface area contributed by atoms with Crippen molar-refractivity contribution in [3.8, 4) is 11.3 Å². The number of ether oxygens (including phenoxy) is 1. The smallest absolute Gasteiger partial charge is 0.407 e. The Morgan fingerprint density at radius 2 is 1.54 bits per heavy atom. The molecule has 9 rings (SSSR count). The van der Waals surface area contributed by atoms with Gasteiger partial charge in [-0.05, 0) is 105 Å². The summed E-state index contributed by atoms with van der Waals surface area (Å²) in [6.07, 6.45) is 15.2. The fourth-order valence-corrected chi connectivity index (χ4v) is 10.2. The van der Waals surface area contributed by atoms with Gasteiger partial charge in [0.05, 0.1) is 43.7 Å². The van der Waals surface area contributed by atoms with E-state index in [-0.39, 0.29) is 40.6 Å². The van der Waals surface area contributed by atoms with Crippen LogP contribution in [0.3, 0.4) is 0 Å². The number of alkyl carbamates (subject to hydrolysis) is 1. The van der Waals surface area contributed by atoms with E-state index >= 15 is 0 Å². The maximum atomic E-state index is 13.6. The molecule has 56 heavy (non-hydrogen) atoms. The van der Waals surface area contributed by atoms with Gasteiger partial charge in [0.25, 0.3) is 0 Å². The molecule has 5 heterocycles. The first kappa shape index (κ1) is 37.9. The number of rotatable bonds is 11. The van der Waals surface area contributed by atoms with Crippen molar-refractivity contribution >= 4 is 29.7 Å². The number of anilines is 1. The van der Waals surface area contributed by atoms with Gasteiger partial charge < -0.3 is 35.5 Å². The van der Waals surface area contributed by atoms with Gasteiger partial charge >= 0.3 is 6.09 Å². The third kappa shape index (κ3) is 7.11. The highest BCUT2D eigenvalue weighted by Gasteiger charge is 2.54. The number of carbonyl (C=O) groups is 3. The lowest BCUT2D eigenvalue weighted by Crippen LogP contribution is -2.56. The number of likely N-dealkylation sites (tertiary alicyclic amines) is 2. The van der Waals surface area contributed by atoms with Crippen LogP contribution in [-0.2, 0) is 19.7 Å². The highest BCUT2D eigenvalue weighted by atomic mass is 16.5. The summed E-state index contributed by atoms with van der Waals surface area (Å²) >= 11 is 0. The van der Waals surface area contributed by atoms with Crippen molar-refractivity contribution in [1.29, 1.82) is 0 Å². The molecule has 0 radical (unpaired) electrons. The lowest BCUT2D eigenvalue weighted by atomic mass is 9.50. The summed E-state index contributed by atoms with van der Waals surface area (Å²) in [4.78, 5) is 64.8. The largest absolute Gasteiger partial charge is 0.453 e. The van der Waals surface area contributed by atoms with E-state index in [0.717, 1.165) is 61.7 Å². The number of aliphatic imine (C=N–C) groups is 1. The third-order valence-electron chi connectivity index (χ3n) is 13.6. The molecule has 4 N–H and O–H groups in total. The molecule has 2 unspecified atom stereocenters. The number of nitrogens with one attached hydrogen (secondary N) is 4. The van der Waals surface area contributed by atoms with Gasteiger partial charge in [-0.25, -0.2) is 19.7 Å². The maximum absolute atomic E-state index is 13.6. The number of amides is 3. The van der Waals surface area contributed by atoms with E-state index in [1.165, 1.54) is 51.2 Å². The number of fused-ring (bicyclic) bond motifs is 3. The summed E-state index contributed by atoms with van der Waals surface area (Å²) in [6, 6.07) is 9.85. The molecule has 2 saturated heterocycles. The Hall–Kier alpha value is -5.01. The van der Waals surface area contributed by atoms with Crippen molar-refractivity contribution in [2.45, 2.75) is 121 Å². The molecule has 3 aromatic rings. The molecule has 14 heteroatoms. The molecule has 0 spiro atoms. The SMILES string of the molecule is COC(=O)N[C@H](C(=O)N1CCC[C@H]1c1ncc(-c2ccc(C34CCC(C5CN=C([C@@H]6CCCN6C(=O)C(C)Nc6ncccn6)N5)(CC3)CC4)cc2)[nH]1)C(C)C. The summed E-state index contributed by atoms with van der Waals surface area (Å²) in [6.45, 7) is 7.87. The number of hydrogen-bond donors (Lipinski definition) is 4. The van der Waals surface area contributed by atoms with Gasteiger partial charge in [0.2, 0.25) is 17.8 Å². The van der Waals surface area contributed by atoms with Gasteiger partial charge in [0.1, 0.15) is 23.7 Å². The summed E-state index contributed by atoms with van der Waals surface area (Å²) in [5.41, 5.74) is 3.85. The highest BCUT2D eigenvalue weighted by molar-refractivity contribution is 5.95. The highest BCUT2D eigenvalue weighted by Crippen LogP contribution is 2.59. The fourth-order valence-electron chi connectivity index (χ4n) is 10.2. The lowest BCUT2D eigenvalue weighted by Gasteiger charge is -2.56. The number of H-pyrrole nitrogens is 1. The molecule has 3 saturated carbocycles. The molecule has 2 bridgehead atoms. The molecule has 5 atom stereocenters. The van der Waals surface area contributed by atoms with Crippen LogP contribution in [0.2, 0.25) is 0 Å². The Balaban J connectivity index is 0.872. The Kier molecular flexibility index (Phi) is 10.5. The van der Waals surface area contributed by atoms with Crippen LogP contribution in [0.5, 0.6) is 0 Å². The molecule has 6 aliphatic rings. The van der Waals surface area contributed by atoms with Crippen LogP contribution in [0.25, 0.3) is 11.3 Å². The molecule has 3 aliphatic carbocycles. The van der Waals surface area contributed by atoms with Crippen molar-refractivity contribution in [3.63, 3.8) is 0 Å². The first-order chi connectivity index (χ1) is 27.1. The number of nitrogens with zero attached hydrogens (tertiary/aromatic N) is 6. The second-order valence-electron chi connectivity index (χ2n) is 17.0. The number of amidine groups is 1. The Morgan fingerprint density at radius 1 is 0.875 bits per heavy atom. The minimum absolute atomic E-state index is 0.00672. The second-order valence-corrected chi connectivity index (χ2v) is 17.0. The summed E-state index contributed by atoms with van der Waals surface area (Å²) in [5, 5.41) is 9.77. The van der Waals surface area contributed by atoms with Crippen LogP contribution in [0, 0.1) is 11.3 Å². The predicted molar refractivity (Wildman–Crippen MR) is 213 cm³/mol. The van der Waals surface area contributed by atoms with Crippen LogP contribution in [0.4, 0.5) is 10.7 Å². The van der Waals surface area contributed by atoms with Crippen molar-refractivity contribution < 1.29 is 19.1 Å². The minimum Gasteiger partial charge on any atom is -0.453 e. The van der Waals surface area contributed by atoms with E-state index in [0.29, 0.717) is 18.5 Å². The quantitative estimate of drug-likeness (QED) is 0.201. The van der Waals surface area contributed by atoms with Gasteiger partial charge in [-0.2, -0.15) is 0 Å². The van der Waals surface area contributed by atoms with E-state index in [9.17, 15) is 14.4 Å². The average Bonchev–Trinajstić information content (AvgIpc) is 4.07. The zero-order valence-corrected chi connectivity index (χ0v) is 33.1. The summed E-state index contributed by atoms with van der Waals surface area (Å²) < 4.78 is 4.78. The van der Waals surface area contributed by atoms with Crippen LogP contribution in [-0.4, -0.2) is 104 Å². The Bertz CT molecular complexity index is 1910. The van der Waals surface area contributed by atoms with Crippen LogP contribution in [0.15, 0.2) is 53.9 Å². The van der Waals surface area contributed by atoms with Crippen molar-refractivity contribution in [1.82, 2.24) is 40.4 Å². The molecule has 3 aliphatic heterocycles. The van der Waals surface area contributed by atoms with Crippen LogP contribution >= 0.6 is 0 Å². The Morgan fingerprint density at radius 3 is 2.20 bits per heavy atom. The molecular formula is C42H56N10O4. The van der Waals surface area contributed by atoms with Crippen molar-refractivity contribution in [2.75, 3.05) is 32.1 Å². The standard InChI is InChI=1S/C42H56N10O4/c1-26(2)34(50-40(55)56-4)38(54)52-23-6-8-31(52)35-45-24-30(48-35)28-10-12-29(13-11-28)41-14-17-42(18-15-41,19-16-41)33-25-46-36(49-33)32-9-5-22-51(32)37(53)27(3)47-39-43-20-7-21-44-39/h7,10-13,20-21,24,26-27,31-34H,5-6,8-9,14-19,22-23,25H2,1-4H3,(H,45,48)(H,46,49)(H,50,55)(H,43,44,47)/t27?,31-,32-,33?,34-,41?,42?/m0/s1. The third-order valence-corrected chi connectivity index (χ3v) is 13.6. The number of hydrogen-bond acceptors (Lipinski definition) is 10. The van der Waals surface area contributed by atoms with E-state index in [2.05, 4.69) is 55.2 Å². The van der Waals surface area contributed by atoms with Gasteiger partial charge in [0, 0.05) is 25.5 Å². The minimum atomic E-state index is -0.664. The first-order valence-corrected chi connectivity index (χ1v) is 20.6. The van der Waals surface area contributed by atoms with Gasteiger partial charge in [-0.3, -0.25) is 14.6 Å². The predicted octanol–water partition coefficient (Wildman–Crippen LogP) is 5.36. The number of aromatic nitrogens is 4. The molecular weight excluding hydrogens is 709 g/mol. The van der Waals surface area contributed by atoms with Gasteiger partial charge in [-0.15, -0.1) is 0 Å². The second kappa shape index (κ2) is 15.5. The van der Waals surface area contributed by atoms with E-state index in [1.54, 1.807) is 18.5 Å². The zero-order chi connectivity index (χ0) is 39.0. The van der Waals surface area contributed by atoms with Crippen LogP contribution in [0.1, 0.15) is 102 Å². The summed E-state index contributed by atoms with van der Waals surface area (Å²) in [5.74, 6) is 2.09. The molecule has 3 amide bonds. The van der Waals surface area contributed by atoms with Crippen molar-refractivity contribution in [3.05, 3.63) is 60.3 Å². The molecule has 298 valence electrons. The lowest BCUT2D eigenvalue weighted by molar-refractivity contribution is -0.135. The number of methoxy groups -OCH3 is 1. The fraction of sp³-hybridized carbons (Fsp3) is 0.595. The molecule has 14 nitrogen and oxygen atoms in total. The molecule has 5 fully saturated rings. The normalized spacial score (nSPS) is 28.2.